The minimum Gasteiger partial charge on any atom is -0.256 e. The fraction of sp³-hybridized carbons (Fsp3) is 0. The summed E-state index contributed by atoms with van der Waals surface area (Å²) in [5, 5.41) is 3.50. The monoisotopic (exact) mass is 459 g/mol. The van der Waals surface area contributed by atoms with E-state index in [1.54, 1.807) is 0 Å². The molecule has 2 heterocycles. The molecule has 3 heteroatoms. The van der Waals surface area contributed by atoms with Crippen LogP contribution in [0.25, 0.3) is 66.4 Å². The van der Waals surface area contributed by atoms with Crippen LogP contribution < -0.4 is 0 Å². The number of hydrogen-bond donors (Lipinski definition) is 0. The second-order valence-corrected chi connectivity index (χ2v) is 8.90. The van der Waals surface area contributed by atoms with E-state index in [0.717, 1.165) is 55.4 Å². The van der Waals surface area contributed by atoms with Gasteiger partial charge in [-0.05, 0) is 40.8 Å². The van der Waals surface area contributed by atoms with E-state index in [1.807, 2.05) is 54.7 Å². The van der Waals surface area contributed by atoms with E-state index in [9.17, 15) is 0 Å². The Kier molecular flexibility index (Phi) is 4.78. The molecule has 0 saturated carbocycles. The Balaban J connectivity index is 1.45. The van der Waals surface area contributed by atoms with Crippen molar-refractivity contribution in [2.45, 2.75) is 0 Å². The normalized spacial score (nSPS) is 11.3. The molecule has 0 aliphatic heterocycles. The highest BCUT2D eigenvalue weighted by molar-refractivity contribution is 6.10. The van der Waals surface area contributed by atoms with Crippen molar-refractivity contribution in [2.24, 2.45) is 0 Å². The molecule has 0 atom stereocenters. The van der Waals surface area contributed by atoms with Crippen LogP contribution in [0.5, 0.6) is 0 Å². The van der Waals surface area contributed by atoms with Crippen molar-refractivity contribution in [2.75, 3.05) is 0 Å². The third kappa shape index (κ3) is 3.41. The number of benzene rings is 5. The van der Waals surface area contributed by atoms with Crippen LogP contribution in [0.4, 0.5) is 0 Å². The fourth-order valence-corrected chi connectivity index (χ4v) is 4.99. The zero-order valence-corrected chi connectivity index (χ0v) is 19.5. The lowest BCUT2D eigenvalue weighted by molar-refractivity contribution is 1.29. The SMILES string of the molecule is c1ccc(-c2nc3ccccc3nc2-c2cccc(-c3cccc4c3ccc3cccnc34)c2)cc1. The van der Waals surface area contributed by atoms with Crippen LogP contribution in [0.3, 0.4) is 0 Å². The Morgan fingerprint density at radius 3 is 1.97 bits per heavy atom. The van der Waals surface area contributed by atoms with Crippen LogP contribution in [0.1, 0.15) is 0 Å². The molecule has 0 saturated heterocycles. The Morgan fingerprint density at radius 1 is 0.444 bits per heavy atom. The van der Waals surface area contributed by atoms with Gasteiger partial charge in [0.15, 0.2) is 0 Å². The molecule has 3 nitrogen and oxygen atoms in total. The van der Waals surface area contributed by atoms with E-state index in [2.05, 4.69) is 77.8 Å². The molecule has 0 aliphatic rings. The van der Waals surface area contributed by atoms with Crippen LogP contribution in [-0.4, -0.2) is 15.0 Å². The van der Waals surface area contributed by atoms with Gasteiger partial charge in [-0.15, -0.1) is 0 Å². The molecule has 0 spiro atoms. The number of nitrogens with zero attached hydrogens (tertiary/aromatic N) is 3. The number of para-hydroxylation sites is 2. The lowest BCUT2D eigenvalue weighted by Crippen LogP contribution is -1.95. The lowest BCUT2D eigenvalue weighted by atomic mass is 9.94. The highest BCUT2D eigenvalue weighted by Crippen LogP contribution is 2.36. The van der Waals surface area contributed by atoms with Gasteiger partial charge >= 0.3 is 0 Å². The Labute approximate surface area is 208 Å². The zero-order valence-electron chi connectivity index (χ0n) is 19.5. The van der Waals surface area contributed by atoms with E-state index < -0.39 is 0 Å². The predicted octanol–water partition coefficient (Wildman–Crippen LogP) is 8.33. The third-order valence-corrected chi connectivity index (χ3v) is 6.69. The molecule has 7 rings (SSSR count). The third-order valence-electron chi connectivity index (χ3n) is 6.69. The van der Waals surface area contributed by atoms with E-state index in [4.69, 9.17) is 9.97 Å². The summed E-state index contributed by atoms with van der Waals surface area (Å²) >= 11 is 0. The topological polar surface area (TPSA) is 38.7 Å². The average Bonchev–Trinajstić information content (AvgIpc) is 2.96. The number of hydrogen-bond acceptors (Lipinski definition) is 3. The van der Waals surface area contributed by atoms with Crippen LogP contribution in [0.15, 0.2) is 128 Å². The largest absolute Gasteiger partial charge is 0.256 e. The summed E-state index contributed by atoms with van der Waals surface area (Å²) in [6.45, 7) is 0. The van der Waals surface area contributed by atoms with Crippen LogP contribution in [0.2, 0.25) is 0 Å². The first-order valence-electron chi connectivity index (χ1n) is 12.0. The molecule has 168 valence electrons. The standard InChI is InChI=1S/C33H21N3/c1-2-9-22(10-3-1)32-33(36-30-17-5-4-16-29(30)35-32)25-12-6-11-24(21-25)26-14-7-15-28-27(26)19-18-23-13-8-20-34-31(23)28/h1-21H. The summed E-state index contributed by atoms with van der Waals surface area (Å²) in [4.78, 5) is 14.8. The number of pyridine rings is 1. The molecule has 0 bridgehead atoms. The Hall–Kier alpha value is -4.89. The number of aromatic nitrogens is 3. The summed E-state index contributed by atoms with van der Waals surface area (Å²) in [5.74, 6) is 0. The molecular formula is C33H21N3. The van der Waals surface area contributed by atoms with E-state index in [0.29, 0.717) is 0 Å². The van der Waals surface area contributed by atoms with Crippen molar-refractivity contribution in [3.8, 4) is 33.6 Å². The van der Waals surface area contributed by atoms with E-state index >= 15 is 0 Å². The van der Waals surface area contributed by atoms with Gasteiger partial charge in [0.25, 0.3) is 0 Å². The van der Waals surface area contributed by atoms with E-state index in [1.165, 1.54) is 10.9 Å². The van der Waals surface area contributed by atoms with Crippen molar-refractivity contribution < 1.29 is 0 Å². The van der Waals surface area contributed by atoms with Crippen molar-refractivity contribution in [1.29, 1.82) is 0 Å². The maximum absolute atomic E-state index is 5.09. The van der Waals surface area contributed by atoms with Crippen molar-refractivity contribution in [1.82, 2.24) is 15.0 Å². The van der Waals surface area contributed by atoms with Crippen LogP contribution >= 0.6 is 0 Å². The first-order chi connectivity index (χ1) is 17.8. The predicted molar refractivity (Wildman–Crippen MR) is 149 cm³/mol. The van der Waals surface area contributed by atoms with Gasteiger partial charge in [0.1, 0.15) is 0 Å². The van der Waals surface area contributed by atoms with Gasteiger partial charge in [0.05, 0.1) is 27.9 Å². The zero-order chi connectivity index (χ0) is 23.9. The van der Waals surface area contributed by atoms with Crippen molar-refractivity contribution in [3.63, 3.8) is 0 Å². The summed E-state index contributed by atoms with van der Waals surface area (Å²) in [5.41, 5.74) is 9.00. The van der Waals surface area contributed by atoms with Gasteiger partial charge in [-0.25, -0.2) is 9.97 Å². The minimum atomic E-state index is 0.883. The van der Waals surface area contributed by atoms with Crippen molar-refractivity contribution >= 4 is 32.7 Å². The Morgan fingerprint density at radius 2 is 1.14 bits per heavy atom. The summed E-state index contributed by atoms with van der Waals surface area (Å²) in [6, 6.07) is 41.9. The first kappa shape index (κ1) is 20.5. The van der Waals surface area contributed by atoms with Gasteiger partial charge in [-0.1, -0.05) is 97.1 Å². The minimum absolute atomic E-state index is 0.883. The average molecular weight is 460 g/mol. The molecule has 0 aliphatic carbocycles. The molecule has 2 aromatic heterocycles. The molecule has 0 radical (unpaired) electrons. The van der Waals surface area contributed by atoms with Gasteiger partial charge < -0.3 is 0 Å². The summed E-state index contributed by atoms with van der Waals surface area (Å²) in [7, 11) is 0. The smallest absolute Gasteiger partial charge is 0.0973 e. The maximum atomic E-state index is 5.09. The maximum Gasteiger partial charge on any atom is 0.0973 e. The lowest BCUT2D eigenvalue weighted by Gasteiger charge is -2.13. The van der Waals surface area contributed by atoms with Gasteiger partial charge in [0, 0.05) is 28.1 Å². The van der Waals surface area contributed by atoms with E-state index in [-0.39, 0.29) is 0 Å². The second-order valence-electron chi connectivity index (χ2n) is 8.90. The first-order valence-corrected chi connectivity index (χ1v) is 12.0. The molecule has 0 N–H and O–H groups in total. The summed E-state index contributed by atoms with van der Waals surface area (Å²) < 4.78 is 0. The molecule has 0 fully saturated rings. The highest BCUT2D eigenvalue weighted by atomic mass is 14.8. The fourth-order valence-electron chi connectivity index (χ4n) is 4.99. The molecule has 7 aromatic rings. The molecule has 36 heavy (non-hydrogen) atoms. The second kappa shape index (κ2) is 8.40. The summed E-state index contributed by atoms with van der Waals surface area (Å²) in [6.07, 6.45) is 1.86. The molecule has 0 unspecified atom stereocenters. The van der Waals surface area contributed by atoms with Gasteiger partial charge in [-0.3, -0.25) is 4.98 Å². The van der Waals surface area contributed by atoms with Crippen LogP contribution in [0, 0.1) is 0 Å². The Bertz CT molecular complexity index is 1890. The van der Waals surface area contributed by atoms with Gasteiger partial charge in [0.2, 0.25) is 0 Å². The molecular weight excluding hydrogens is 438 g/mol. The van der Waals surface area contributed by atoms with Gasteiger partial charge in [-0.2, -0.15) is 0 Å². The highest BCUT2D eigenvalue weighted by Gasteiger charge is 2.15. The van der Waals surface area contributed by atoms with Crippen molar-refractivity contribution in [3.05, 3.63) is 128 Å². The number of fused-ring (bicyclic) bond motifs is 4. The molecule has 5 aromatic carbocycles. The quantitative estimate of drug-likeness (QED) is 0.249. The number of rotatable bonds is 3. The molecule has 0 amide bonds. The van der Waals surface area contributed by atoms with Crippen LogP contribution in [-0.2, 0) is 0 Å².